The molecule has 0 aliphatic heterocycles. The van der Waals surface area contributed by atoms with Crippen molar-refractivity contribution < 1.29 is 0 Å². The Morgan fingerprint density at radius 2 is 2.00 bits per heavy atom. The maximum absolute atomic E-state index is 3.87. The molecule has 3 unspecified atom stereocenters. The first-order valence-electron chi connectivity index (χ1n) is 8.96. The lowest BCUT2D eigenvalue weighted by Gasteiger charge is -2.36. The molecule has 0 saturated heterocycles. The van der Waals surface area contributed by atoms with Crippen LogP contribution in [0.15, 0.2) is 18.2 Å². The Labute approximate surface area is 131 Å². The van der Waals surface area contributed by atoms with Gasteiger partial charge in [-0.25, -0.2) is 0 Å². The summed E-state index contributed by atoms with van der Waals surface area (Å²) >= 11 is 0. The maximum atomic E-state index is 3.87. The van der Waals surface area contributed by atoms with Crippen LogP contribution in [0.3, 0.4) is 0 Å². The van der Waals surface area contributed by atoms with E-state index in [1.54, 1.807) is 5.56 Å². The minimum absolute atomic E-state index is 0.555. The maximum Gasteiger partial charge on any atom is 0.0351 e. The highest BCUT2D eigenvalue weighted by molar-refractivity contribution is 5.33. The van der Waals surface area contributed by atoms with Gasteiger partial charge in [0.2, 0.25) is 0 Å². The van der Waals surface area contributed by atoms with Crippen molar-refractivity contribution in [2.45, 2.75) is 72.3 Å². The van der Waals surface area contributed by atoms with Crippen molar-refractivity contribution in [3.05, 3.63) is 34.9 Å². The van der Waals surface area contributed by atoms with Crippen molar-refractivity contribution in [3.63, 3.8) is 0 Å². The Balaban J connectivity index is 2.22. The zero-order valence-corrected chi connectivity index (χ0v) is 14.4. The fraction of sp³-hybridized carbons (Fsp3) is 0.700. The number of rotatable bonds is 6. The van der Waals surface area contributed by atoms with Gasteiger partial charge in [0.05, 0.1) is 0 Å². The van der Waals surface area contributed by atoms with Crippen LogP contribution in [0.4, 0.5) is 0 Å². The summed E-state index contributed by atoms with van der Waals surface area (Å²) in [5.41, 5.74) is 4.39. The van der Waals surface area contributed by atoms with Gasteiger partial charge in [-0.15, -0.1) is 0 Å². The van der Waals surface area contributed by atoms with Gasteiger partial charge in [-0.3, -0.25) is 0 Å². The molecule has 0 bridgehead atoms. The third-order valence-electron chi connectivity index (χ3n) is 5.26. The molecule has 0 heterocycles. The first kappa shape index (κ1) is 16.5. The summed E-state index contributed by atoms with van der Waals surface area (Å²) in [6, 6.07) is 7.51. The molecule has 21 heavy (non-hydrogen) atoms. The topological polar surface area (TPSA) is 12.0 Å². The van der Waals surface area contributed by atoms with Crippen molar-refractivity contribution >= 4 is 0 Å². The minimum Gasteiger partial charge on any atom is -0.310 e. The largest absolute Gasteiger partial charge is 0.310 e. The summed E-state index contributed by atoms with van der Waals surface area (Å²) in [6.07, 6.45) is 8.23. The molecule has 1 nitrogen and oxygen atoms in total. The highest BCUT2D eigenvalue weighted by atomic mass is 14.9. The molecule has 1 saturated carbocycles. The summed E-state index contributed by atoms with van der Waals surface area (Å²) in [5.74, 6) is 1.76. The van der Waals surface area contributed by atoms with Crippen molar-refractivity contribution in [2.24, 2.45) is 11.8 Å². The summed E-state index contributed by atoms with van der Waals surface area (Å²) in [6.45, 7) is 10.2. The van der Waals surface area contributed by atoms with Crippen molar-refractivity contribution in [1.82, 2.24) is 5.32 Å². The summed E-state index contributed by atoms with van der Waals surface area (Å²) in [5, 5.41) is 3.87. The van der Waals surface area contributed by atoms with E-state index in [-0.39, 0.29) is 0 Å². The molecule has 0 radical (unpaired) electrons. The van der Waals surface area contributed by atoms with Gasteiger partial charge in [-0.1, -0.05) is 56.9 Å². The molecule has 1 heteroatoms. The third kappa shape index (κ3) is 4.32. The van der Waals surface area contributed by atoms with Crippen LogP contribution in [0.25, 0.3) is 0 Å². The normalized spacial score (nSPS) is 24.0. The molecule has 0 spiro atoms. The van der Waals surface area contributed by atoms with E-state index in [9.17, 15) is 0 Å². The molecule has 1 aliphatic carbocycles. The van der Waals surface area contributed by atoms with Gasteiger partial charge in [-0.2, -0.15) is 0 Å². The van der Waals surface area contributed by atoms with Crippen LogP contribution in [0.1, 0.15) is 75.1 Å². The van der Waals surface area contributed by atoms with Crippen LogP contribution in [-0.2, 0) is 0 Å². The SMILES string of the molecule is CCCNC(c1cc(C)ccc1C)C1CCCC(CC)C1. The molecule has 1 aromatic carbocycles. The van der Waals surface area contributed by atoms with Crippen LogP contribution < -0.4 is 5.32 Å². The standard InChI is InChI=1S/C20H33N/c1-5-12-21-20(18-9-7-8-17(6-2)14-18)19-13-15(3)10-11-16(19)4/h10-11,13,17-18,20-21H,5-9,12,14H2,1-4H3. The Kier molecular flexibility index (Phi) is 6.29. The van der Waals surface area contributed by atoms with E-state index in [0.717, 1.165) is 18.4 Å². The van der Waals surface area contributed by atoms with Crippen molar-refractivity contribution in [1.29, 1.82) is 0 Å². The molecule has 2 rings (SSSR count). The smallest absolute Gasteiger partial charge is 0.0351 e. The van der Waals surface area contributed by atoms with E-state index in [2.05, 4.69) is 51.2 Å². The zero-order chi connectivity index (χ0) is 15.2. The summed E-state index contributed by atoms with van der Waals surface area (Å²) in [7, 11) is 0. The fourth-order valence-corrected chi connectivity index (χ4v) is 3.93. The molecule has 1 aromatic rings. The molecular weight excluding hydrogens is 254 g/mol. The van der Waals surface area contributed by atoms with Gasteiger partial charge in [0.25, 0.3) is 0 Å². The second kappa shape index (κ2) is 7.98. The van der Waals surface area contributed by atoms with Crippen LogP contribution in [0, 0.1) is 25.7 Å². The average Bonchev–Trinajstić information content (AvgIpc) is 2.51. The quantitative estimate of drug-likeness (QED) is 0.722. The van der Waals surface area contributed by atoms with Crippen LogP contribution in [-0.4, -0.2) is 6.54 Å². The van der Waals surface area contributed by atoms with E-state index in [1.165, 1.54) is 49.7 Å². The molecular formula is C20H33N. The van der Waals surface area contributed by atoms with E-state index >= 15 is 0 Å². The van der Waals surface area contributed by atoms with Gasteiger partial charge in [-0.05, 0) is 62.6 Å². The number of nitrogens with one attached hydrogen (secondary N) is 1. The molecule has 1 aliphatic rings. The monoisotopic (exact) mass is 287 g/mol. The highest BCUT2D eigenvalue weighted by Gasteiger charge is 2.29. The molecule has 0 amide bonds. The number of hydrogen-bond donors (Lipinski definition) is 1. The first-order chi connectivity index (χ1) is 10.2. The third-order valence-corrected chi connectivity index (χ3v) is 5.26. The van der Waals surface area contributed by atoms with Gasteiger partial charge >= 0.3 is 0 Å². The predicted molar refractivity (Wildman–Crippen MR) is 92.7 cm³/mol. The van der Waals surface area contributed by atoms with Crippen molar-refractivity contribution in [3.8, 4) is 0 Å². The molecule has 1 fully saturated rings. The van der Waals surface area contributed by atoms with E-state index in [0.29, 0.717) is 6.04 Å². The van der Waals surface area contributed by atoms with Gasteiger partial charge in [0.1, 0.15) is 0 Å². The Morgan fingerprint density at radius 3 is 2.71 bits per heavy atom. The second-order valence-electron chi connectivity index (χ2n) is 6.99. The van der Waals surface area contributed by atoms with Crippen molar-refractivity contribution in [2.75, 3.05) is 6.54 Å². The van der Waals surface area contributed by atoms with E-state index in [4.69, 9.17) is 0 Å². The number of hydrogen-bond acceptors (Lipinski definition) is 1. The molecule has 1 N–H and O–H groups in total. The lowest BCUT2D eigenvalue weighted by Crippen LogP contribution is -2.32. The predicted octanol–water partition coefficient (Wildman–Crippen LogP) is 5.56. The van der Waals surface area contributed by atoms with E-state index in [1.807, 2.05) is 0 Å². The lowest BCUT2D eigenvalue weighted by atomic mass is 9.74. The molecule has 118 valence electrons. The minimum atomic E-state index is 0.555. The van der Waals surface area contributed by atoms with Crippen LogP contribution in [0.5, 0.6) is 0 Å². The van der Waals surface area contributed by atoms with E-state index < -0.39 is 0 Å². The average molecular weight is 287 g/mol. The Hall–Kier alpha value is -0.820. The van der Waals surface area contributed by atoms with Gasteiger partial charge in [0.15, 0.2) is 0 Å². The first-order valence-corrected chi connectivity index (χ1v) is 8.96. The molecule has 3 atom stereocenters. The van der Waals surface area contributed by atoms with Crippen LogP contribution in [0.2, 0.25) is 0 Å². The Bertz CT molecular complexity index is 437. The van der Waals surface area contributed by atoms with Gasteiger partial charge in [0, 0.05) is 6.04 Å². The second-order valence-corrected chi connectivity index (χ2v) is 6.99. The zero-order valence-electron chi connectivity index (χ0n) is 14.4. The fourth-order valence-electron chi connectivity index (χ4n) is 3.93. The number of benzene rings is 1. The number of aryl methyl sites for hydroxylation is 2. The highest BCUT2D eigenvalue weighted by Crippen LogP contribution is 2.39. The Morgan fingerprint density at radius 1 is 1.19 bits per heavy atom. The van der Waals surface area contributed by atoms with Crippen LogP contribution >= 0.6 is 0 Å². The summed E-state index contributed by atoms with van der Waals surface area (Å²) in [4.78, 5) is 0. The van der Waals surface area contributed by atoms with Gasteiger partial charge < -0.3 is 5.32 Å². The summed E-state index contributed by atoms with van der Waals surface area (Å²) < 4.78 is 0. The molecule has 0 aromatic heterocycles. The lowest BCUT2D eigenvalue weighted by molar-refractivity contribution is 0.209.